The van der Waals surface area contributed by atoms with Gasteiger partial charge >= 0.3 is 0 Å². The lowest BCUT2D eigenvalue weighted by molar-refractivity contribution is -0.119. The highest BCUT2D eigenvalue weighted by molar-refractivity contribution is 5.92. The number of aromatic nitrogens is 3. The number of carbonyl (C=O) groups is 1. The Balaban J connectivity index is 1.63. The average molecular weight is 359 g/mol. The molecule has 1 aliphatic heterocycles. The van der Waals surface area contributed by atoms with Crippen LogP contribution in [0.15, 0.2) is 18.2 Å². The summed E-state index contributed by atoms with van der Waals surface area (Å²) in [7, 11) is 0. The Kier molecular flexibility index (Phi) is 5.54. The number of nitrogens with zero attached hydrogens (tertiary/aromatic N) is 4. The Labute approximate surface area is 153 Å². The van der Waals surface area contributed by atoms with Crippen LogP contribution in [0.2, 0.25) is 0 Å². The molecule has 2 heterocycles. The van der Waals surface area contributed by atoms with Gasteiger partial charge < -0.3 is 10.2 Å². The fraction of sp³-hybridized carbons (Fsp3) is 0.526. The van der Waals surface area contributed by atoms with E-state index in [2.05, 4.69) is 20.3 Å². The third kappa shape index (κ3) is 4.20. The molecule has 2 aromatic rings. The first-order valence-electron chi connectivity index (χ1n) is 9.17. The fourth-order valence-electron chi connectivity index (χ4n) is 3.32. The lowest BCUT2D eigenvalue weighted by atomic mass is 10.1. The normalized spacial score (nSPS) is 15.8. The van der Waals surface area contributed by atoms with E-state index in [1.807, 2.05) is 20.8 Å². The van der Waals surface area contributed by atoms with Gasteiger partial charge in [0.15, 0.2) is 0 Å². The maximum atomic E-state index is 14.5. The molecule has 0 bridgehead atoms. The Morgan fingerprint density at radius 3 is 2.62 bits per heavy atom. The Morgan fingerprint density at radius 2 is 2.00 bits per heavy atom. The van der Waals surface area contributed by atoms with Crippen molar-refractivity contribution in [2.45, 2.75) is 46.6 Å². The molecular formula is C19H26FN5O. The smallest absolute Gasteiger partial charge is 0.229 e. The molecule has 140 valence electrons. The molecule has 1 amide bonds. The largest absolute Gasteiger partial charge is 0.369 e. The predicted octanol–water partition coefficient (Wildman–Crippen LogP) is 3.30. The molecule has 1 aliphatic rings. The number of hydrogen-bond donors (Lipinski definition) is 1. The summed E-state index contributed by atoms with van der Waals surface area (Å²) >= 11 is 0. The number of aryl methyl sites for hydroxylation is 2. The summed E-state index contributed by atoms with van der Waals surface area (Å²) < 4.78 is 16.2. The van der Waals surface area contributed by atoms with E-state index in [4.69, 9.17) is 0 Å². The van der Waals surface area contributed by atoms with E-state index in [0.717, 1.165) is 31.8 Å². The van der Waals surface area contributed by atoms with Gasteiger partial charge in [-0.2, -0.15) is 5.10 Å². The summed E-state index contributed by atoms with van der Waals surface area (Å²) in [6.45, 7) is 7.71. The molecule has 1 atom stereocenters. The molecule has 1 N–H and O–H groups in total. The second kappa shape index (κ2) is 7.85. The van der Waals surface area contributed by atoms with Crippen molar-refractivity contribution >= 4 is 17.3 Å². The van der Waals surface area contributed by atoms with Crippen LogP contribution in [0.4, 0.5) is 15.8 Å². The number of piperidine rings is 1. The molecule has 0 radical (unpaired) electrons. The van der Waals surface area contributed by atoms with Crippen molar-refractivity contribution in [1.29, 1.82) is 0 Å². The summed E-state index contributed by atoms with van der Waals surface area (Å²) in [6, 6.07) is 4.92. The zero-order valence-corrected chi connectivity index (χ0v) is 15.6. The minimum atomic E-state index is -0.306. The van der Waals surface area contributed by atoms with Crippen LogP contribution in [0.1, 0.15) is 37.8 Å². The average Bonchev–Trinajstić information content (AvgIpc) is 2.93. The molecule has 0 unspecified atom stereocenters. The second-order valence-electron chi connectivity index (χ2n) is 6.99. The standard InChI is InChI=1S/C19H26FN5O/c1-13(12-25-15(3)21-14(2)23-25)19(26)22-16-7-8-18(17(20)11-16)24-9-5-4-6-10-24/h7-8,11,13H,4-6,9-10,12H2,1-3H3,(H,22,26)/t13-/m0/s1. The number of halogens is 1. The fourth-order valence-corrected chi connectivity index (χ4v) is 3.32. The maximum Gasteiger partial charge on any atom is 0.229 e. The van der Waals surface area contributed by atoms with Crippen molar-refractivity contribution in [2.75, 3.05) is 23.3 Å². The summed E-state index contributed by atoms with van der Waals surface area (Å²) in [5.41, 5.74) is 1.09. The van der Waals surface area contributed by atoms with Gasteiger partial charge in [-0.15, -0.1) is 0 Å². The Hall–Kier alpha value is -2.44. The van der Waals surface area contributed by atoms with E-state index < -0.39 is 0 Å². The lowest BCUT2D eigenvalue weighted by Crippen LogP contribution is -2.30. The number of rotatable bonds is 5. The van der Waals surface area contributed by atoms with Crippen LogP contribution in [0.3, 0.4) is 0 Å². The first-order valence-corrected chi connectivity index (χ1v) is 9.17. The molecule has 0 saturated carbocycles. The van der Waals surface area contributed by atoms with Gasteiger partial charge in [-0.1, -0.05) is 6.92 Å². The highest BCUT2D eigenvalue weighted by Gasteiger charge is 2.18. The molecule has 26 heavy (non-hydrogen) atoms. The molecule has 6 nitrogen and oxygen atoms in total. The van der Waals surface area contributed by atoms with E-state index in [0.29, 0.717) is 23.7 Å². The van der Waals surface area contributed by atoms with E-state index >= 15 is 0 Å². The van der Waals surface area contributed by atoms with E-state index in [1.165, 1.54) is 12.5 Å². The molecule has 1 aromatic carbocycles. The van der Waals surface area contributed by atoms with Crippen molar-refractivity contribution in [3.05, 3.63) is 35.7 Å². The number of carbonyl (C=O) groups excluding carboxylic acids is 1. The number of amides is 1. The zero-order valence-electron chi connectivity index (χ0n) is 15.6. The predicted molar refractivity (Wildman–Crippen MR) is 99.8 cm³/mol. The van der Waals surface area contributed by atoms with Crippen LogP contribution < -0.4 is 10.2 Å². The van der Waals surface area contributed by atoms with Gasteiger partial charge in [0.05, 0.1) is 18.2 Å². The molecule has 3 rings (SSSR count). The maximum absolute atomic E-state index is 14.5. The number of anilines is 2. The molecule has 1 aromatic heterocycles. The zero-order chi connectivity index (χ0) is 18.7. The van der Waals surface area contributed by atoms with Gasteiger partial charge in [-0.3, -0.25) is 4.79 Å². The Bertz CT molecular complexity index is 782. The van der Waals surface area contributed by atoms with Gasteiger partial charge in [-0.05, 0) is 51.3 Å². The molecule has 0 aliphatic carbocycles. The van der Waals surface area contributed by atoms with Gasteiger partial charge in [-0.25, -0.2) is 14.1 Å². The van der Waals surface area contributed by atoms with Crippen LogP contribution >= 0.6 is 0 Å². The van der Waals surface area contributed by atoms with E-state index in [-0.39, 0.29) is 17.6 Å². The van der Waals surface area contributed by atoms with Gasteiger partial charge in [0, 0.05) is 18.8 Å². The topological polar surface area (TPSA) is 63.1 Å². The van der Waals surface area contributed by atoms with Crippen LogP contribution in [0.25, 0.3) is 0 Å². The van der Waals surface area contributed by atoms with Gasteiger partial charge in [0.1, 0.15) is 17.5 Å². The molecular weight excluding hydrogens is 333 g/mol. The minimum Gasteiger partial charge on any atom is -0.369 e. The Morgan fingerprint density at radius 1 is 1.27 bits per heavy atom. The van der Waals surface area contributed by atoms with Gasteiger partial charge in [0.25, 0.3) is 0 Å². The minimum absolute atomic E-state index is 0.164. The van der Waals surface area contributed by atoms with Gasteiger partial charge in [0.2, 0.25) is 5.91 Å². The number of benzene rings is 1. The van der Waals surface area contributed by atoms with Crippen LogP contribution in [0, 0.1) is 25.6 Å². The summed E-state index contributed by atoms with van der Waals surface area (Å²) in [5.74, 6) is 0.701. The lowest BCUT2D eigenvalue weighted by Gasteiger charge is -2.29. The number of nitrogens with one attached hydrogen (secondary N) is 1. The second-order valence-corrected chi connectivity index (χ2v) is 6.99. The molecule has 7 heteroatoms. The molecule has 1 fully saturated rings. The summed E-state index contributed by atoms with van der Waals surface area (Å²) in [6.07, 6.45) is 3.39. The van der Waals surface area contributed by atoms with Crippen molar-refractivity contribution in [2.24, 2.45) is 5.92 Å². The van der Waals surface area contributed by atoms with Crippen molar-refractivity contribution in [3.8, 4) is 0 Å². The van der Waals surface area contributed by atoms with Crippen LogP contribution in [0.5, 0.6) is 0 Å². The monoisotopic (exact) mass is 359 g/mol. The third-order valence-corrected chi connectivity index (χ3v) is 4.77. The third-order valence-electron chi connectivity index (χ3n) is 4.77. The summed E-state index contributed by atoms with van der Waals surface area (Å²) in [5, 5.41) is 7.08. The molecule has 0 spiro atoms. The first-order chi connectivity index (χ1) is 12.4. The summed E-state index contributed by atoms with van der Waals surface area (Å²) in [4.78, 5) is 18.7. The SMILES string of the molecule is Cc1nc(C)n(C[C@H](C)C(=O)Nc2ccc(N3CCCCC3)c(F)c2)n1. The number of hydrogen-bond acceptors (Lipinski definition) is 4. The highest BCUT2D eigenvalue weighted by atomic mass is 19.1. The first kappa shape index (κ1) is 18.4. The quantitative estimate of drug-likeness (QED) is 0.890. The van der Waals surface area contributed by atoms with E-state index in [1.54, 1.807) is 16.8 Å². The van der Waals surface area contributed by atoms with Crippen molar-refractivity contribution in [3.63, 3.8) is 0 Å². The molecule has 1 saturated heterocycles. The van der Waals surface area contributed by atoms with Crippen molar-refractivity contribution in [1.82, 2.24) is 14.8 Å². The van der Waals surface area contributed by atoms with E-state index in [9.17, 15) is 9.18 Å². The van der Waals surface area contributed by atoms with Crippen LogP contribution in [-0.4, -0.2) is 33.8 Å². The highest BCUT2D eigenvalue weighted by Crippen LogP contribution is 2.26. The van der Waals surface area contributed by atoms with Crippen LogP contribution in [-0.2, 0) is 11.3 Å². The van der Waals surface area contributed by atoms with Crippen molar-refractivity contribution < 1.29 is 9.18 Å².